The van der Waals surface area contributed by atoms with Crippen LogP contribution in [0.3, 0.4) is 0 Å². The van der Waals surface area contributed by atoms with Crippen molar-refractivity contribution in [3.8, 4) is 0 Å². The molecular weight excluding hydrogens is 387 g/mol. The van der Waals surface area contributed by atoms with Gasteiger partial charge in [-0.05, 0) is 35.4 Å². The number of amides is 2. The summed E-state index contributed by atoms with van der Waals surface area (Å²) in [5.74, 6) is -0.631. The van der Waals surface area contributed by atoms with Gasteiger partial charge in [0.15, 0.2) is 0 Å². The summed E-state index contributed by atoms with van der Waals surface area (Å²) in [7, 11) is 0. The van der Waals surface area contributed by atoms with Gasteiger partial charge in [-0.25, -0.2) is 4.39 Å². The number of benzene rings is 3. The van der Waals surface area contributed by atoms with Gasteiger partial charge in [-0.15, -0.1) is 11.8 Å². The lowest BCUT2D eigenvalue weighted by molar-refractivity contribution is -0.119. The Morgan fingerprint density at radius 2 is 1.55 bits per heavy atom. The van der Waals surface area contributed by atoms with Gasteiger partial charge in [-0.1, -0.05) is 54.6 Å². The van der Waals surface area contributed by atoms with Gasteiger partial charge in [0.05, 0.1) is 5.56 Å². The Morgan fingerprint density at radius 1 is 0.897 bits per heavy atom. The largest absolute Gasteiger partial charge is 0.368 e. The first-order chi connectivity index (χ1) is 14.0. The molecule has 0 aromatic heterocycles. The summed E-state index contributed by atoms with van der Waals surface area (Å²) in [6.45, 7) is 0. The molecule has 3 aromatic rings. The van der Waals surface area contributed by atoms with E-state index in [-0.39, 0.29) is 11.7 Å². The fraction of sp³-hybridized carbons (Fsp3) is 0.130. The smallest absolute Gasteiger partial charge is 0.253 e. The van der Waals surface area contributed by atoms with E-state index in [1.54, 1.807) is 24.3 Å². The Morgan fingerprint density at radius 3 is 2.24 bits per heavy atom. The third-order valence-corrected chi connectivity index (χ3v) is 5.52. The minimum Gasteiger partial charge on any atom is -0.368 e. The quantitative estimate of drug-likeness (QED) is 0.555. The van der Waals surface area contributed by atoms with E-state index < -0.39 is 11.9 Å². The van der Waals surface area contributed by atoms with Gasteiger partial charge in [0.2, 0.25) is 5.91 Å². The Balaban J connectivity index is 1.71. The zero-order valence-electron chi connectivity index (χ0n) is 15.7. The van der Waals surface area contributed by atoms with Crippen molar-refractivity contribution in [3.05, 3.63) is 101 Å². The topological polar surface area (TPSA) is 72.2 Å². The molecule has 2 amide bonds. The van der Waals surface area contributed by atoms with Crippen LogP contribution >= 0.6 is 11.8 Å². The average Bonchev–Trinajstić information content (AvgIpc) is 2.73. The number of hydrogen-bond donors (Lipinski definition) is 2. The van der Waals surface area contributed by atoms with Crippen LogP contribution in [0, 0.1) is 5.82 Å². The van der Waals surface area contributed by atoms with E-state index in [2.05, 4.69) is 5.32 Å². The number of nitrogens with two attached hydrogens (primary N) is 1. The molecule has 0 aliphatic carbocycles. The normalized spacial score (nSPS) is 11.6. The summed E-state index contributed by atoms with van der Waals surface area (Å²) in [6.07, 6.45) is 0.326. The maximum absolute atomic E-state index is 13.1. The first kappa shape index (κ1) is 20.6. The SMILES string of the molecule is NC(=O)C(Cc1ccccc1)NC(=O)c1ccccc1SCc1ccc(F)cc1. The highest BCUT2D eigenvalue weighted by Gasteiger charge is 2.21. The van der Waals surface area contributed by atoms with Crippen molar-refractivity contribution < 1.29 is 14.0 Å². The maximum Gasteiger partial charge on any atom is 0.253 e. The third-order valence-electron chi connectivity index (χ3n) is 4.37. The standard InChI is InChI=1S/C23H21FN2O2S/c24-18-12-10-17(11-13-18)15-29-21-9-5-4-8-19(21)23(28)26-20(22(25)27)14-16-6-2-1-3-7-16/h1-13,20H,14-15H2,(H2,25,27)(H,26,28). The lowest BCUT2D eigenvalue weighted by Gasteiger charge is -2.17. The van der Waals surface area contributed by atoms with Crippen molar-refractivity contribution in [1.29, 1.82) is 0 Å². The third kappa shape index (κ3) is 5.93. The van der Waals surface area contributed by atoms with Gasteiger partial charge in [-0.3, -0.25) is 9.59 Å². The second-order valence-electron chi connectivity index (χ2n) is 6.53. The number of halogens is 1. The minimum atomic E-state index is -0.806. The molecule has 3 N–H and O–H groups in total. The molecule has 0 aliphatic heterocycles. The molecule has 0 saturated heterocycles. The van der Waals surface area contributed by atoms with E-state index >= 15 is 0 Å². The van der Waals surface area contributed by atoms with Gasteiger partial charge in [0, 0.05) is 17.1 Å². The van der Waals surface area contributed by atoms with Gasteiger partial charge in [-0.2, -0.15) is 0 Å². The molecule has 0 spiro atoms. The van der Waals surface area contributed by atoms with Crippen LogP contribution in [-0.2, 0) is 17.0 Å². The summed E-state index contributed by atoms with van der Waals surface area (Å²) in [5, 5.41) is 2.75. The van der Waals surface area contributed by atoms with Crippen molar-refractivity contribution in [2.45, 2.75) is 23.1 Å². The minimum absolute atomic E-state index is 0.283. The molecule has 0 aliphatic rings. The molecule has 1 atom stereocenters. The molecular formula is C23H21FN2O2S. The highest BCUT2D eigenvalue weighted by Crippen LogP contribution is 2.26. The van der Waals surface area contributed by atoms with Crippen molar-refractivity contribution in [1.82, 2.24) is 5.32 Å². The van der Waals surface area contributed by atoms with Crippen molar-refractivity contribution in [2.75, 3.05) is 0 Å². The molecule has 0 radical (unpaired) electrons. The molecule has 148 valence electrons. The molecule has 1 unspecified atom stereocenters. The van der Waals surface area contributed by atoms with E-state index in [0.29, 0.717) is 17.7 Å². The highest BCUT2D eigenvalue weighted by atomic mass is 32.2. The fourth-order valence-electron chi connectivity index (χ4n) is 2.83. The van der Waals surface area contributed by atoms with Gasteiger partial charge in [0.25, 0.3) is 5.91 Å². The first-order valence-electron chi connectivity index (χ1n) is 9.13. The van der Waals surface area contributed by atoms with E-state index in [1.807, 2.05) is 42.5 Å². The van der Waals surface area contributed by atoms with Crippen LogP contribution in [0.5, 0.6) is 0 Å². The molecule has 0 heterocycles. The number of rotatable bonds is 8. The van der Waals surface area contributed by atoms with Crippen LogP contribution in [0.2, 0.25) is 0 Å². The van der Waals surface area contributed by atoms with Crippen LogP contribution in [-0.4, -0.2) is 17.9 Å². The van der Waals surface area contributed by atoms with Crippen LogP contribution in [0.15, 0.2) is 83.8 Å². The lowest BCUT2D eigenvalue weighted by Crippen LogP contribution is -2.46. The molecule has 6 heteroatoms. The van der Waals surface area contributed by atoms with E-state index in [9.17, 15) is 14.0 Å². The van der Waals surface area contributed by atoms with Crippen molar-refractivity contribution in [2.24, 2.45) is 5.73 Å². The monoisotopic (exact) mass is 408 g/mol. The molecule has 0 fully saturated rings. The second-order valence-corrected chi connectivity index (χ2v) is 7.55. The maximum atomic E-state index is 13.1. The van der Waals surface area contributed by atoms with Crippen LogP contribution in [0.1, 0.15) is 21.5 Å². The highest BCUT2D eigenvalue weighted by molar-refractivity contribution is 7.98. The van der Waals surface area contributed by atoms with Crippen molar-refractivity contribution >= 4 is 23.6 Å². The molecule has 4 nitrogen and oxygen atoms in total. The molecule has 0 bridgehead atoms. The second kappa shape index (κ2) is 9.89. The van der Waals surface area contributed by atoms with Gasteiger partial charge in [0.1, 0.15) is 11.9 Å². The molecule has 29 heavy (non-hydrogen) atoms. The Bertz CT molecular complexity index is 978. The van der Waals surface area contributed by atoms with E-state index in [1.165, 1.54) is 23.9 Å². The Kier molecular flexibility index (Phi) is 7.03. The van der Waals surface area contributed by atoms with Gasteiger partial charge >= 0.3 is 0 Å². The fourth-order valence-corrected chi connectivity index (χ4v) is 3.84. The Hall–Kier alpha value is -3.12. The van der Waals surface area contributed by atoms with E-state index in [0.717, 1.165) is 16.0 Å². The zero-order valence-corrected chi connectivity index (χ0v) is 16.5. The van der Waals surface area contributed by atoms with Gasteiger partial charge < -0.3 is 11.1 Å². The summed E-state index contributed by atoms with van der Waals surface area (Å²) in [6, 6.07) is 22.0. The first-order valence-corrected chi connectivity index (χ1v) is 10.1. The predicted octanol–water partition coefficient (Wildman–Crippen LogP) is 3.94. The van der Waals surface area contributed by atoms with Crippen LogP contribution < -0.4 is 11.1 Å². The number of primary amides is 1. The van der Waals surface area contributed by atoms with E-state index in [4.69, 9.17) is 5.73 Å². The molecule has 3 aromatic carbocycles. The van der Waals surface area contributed by atoms with Crippen LogP contribution in [0.4, 0.5) is 4.39 Å². The molecule has 3 rings (SSSR count). The number of nitrogens with one attached hydrogen (secondary N) is 1. The molecule has 0 saturated carbocycles. The summed E-state index contributed by atoms with van der Waals surface area (Å²) in [4.78, 5) is 25.5. The summed E-state index contributed by atoms with van der Waals surface area (Å²) >= 11 is 1.47. The predicted molar refractivity (Wildman–Crippen MR) is 113 cm³/mol. The number of carbonyl (C=O) groups excluding carboxylic acids is 2. The number of thioether (sulfide) groups is 1. The Labute approximate surface area is 173 Å². The van der Waals surface area contributed by atoms with Crippen molar-refractivity contribution in [3.63, 3.8) is 0 Å². The van der Waals surface area contributed by atoms with Crippen LogP contribution in [0.25, 0.3) is 0 Å². The summed E-state index contributed by atoms with van der Waals surface area (Å²) < 4.78 is 13.1. The number of carbonyl (C=O) groups is 2. The number of hydrogen-bond acceptors (Lipinski definition) is 3. The lowest BCUT2D eigenvalue weighted by atomic mass is 10.0. The zero-order chi connectivity index (χ0) is 20.6. The average molecular weight is 408 g/mol. The summed E-state index contributed by atoms with van der Waals surface area (Å²) in [5.41, 5.74) is 7.84.